The van der Waals surface area contributed by atoms with Crippen LogP contribution in [0.25, 0.3) is 0 Å². The molecule has 8 heteroatoms. The van der Waals surface area contributed by atoms with Gasteiger partial charge in [-0.15, -0.1) is 0 Å². The van der Waals surface area contributed by atoms with Crippen LogP contribution in [0.5, 0.6) is 0 Å². The van der Waals surface area contributed by atoms with E-state index in [4.69, 9.17) is 16.3 Å². The number of nitrogens with zero attached hydrogens (tertiary/aromatic N) is 3. The Labute approximate surface area is 177 Å². The van der Waals surface area contributed by atoms with Crippen LogP contribution >= 0.6 is 11.6 Å². The van der Waals surface area contributed by atoms with Crippen molar-refractivity contribution in [2.24, 2.45) is 0 Å². The number of amides is 1. The lowest BCUT2D eigenvalue weighted by molar-refractivity contribution is -0.123. The van der Waals surface area contributed by atoms with Crippen molar-refractivity contribution < 1.29 is 13.9 Å². The Kier molecular flexibility index (Phi) is 7.87. The predicted molar refractivity (Wildman–Crippen MR) is 113 cm³/mol. The molecule has 6 nitrogen and oxygen atoms in total. The standard InChI is InChI=1S/C21H32ClFN4O2/c1-21(2,27-10-12-29-13-11-27)16-24-20(28)15-26-8-6-25(7-9-26)14-17-18(22)4-3-5-19(17)23/h3-5H,6-16H2,1-2H3,(H,24,28). The maximum atomic E-state index is 14.0. The normalized spacial score (nSPS) is 20.0. The van der Waals surface area contributed by atoms with Crippen molar-refractivity contribution in [3.63, 3.8) is 0 Å². The van der Waals surface area contributed by atoms with Gasteiger partial charge in [0.1, 0.15) is 5.82 Å². The molecule has 0 aromatic heterocycles. The predicted octanol–water partition coefficient (Wildman–Crippen LogP) is 1.82. The highest BCUT2D eigenvalue weighted by molar-refractivity contribution is 6.31. The van der Waals surface area contributed by atoms with E-state index in [0.717, 1.165) is 52.5 Å². The van der Waals surface area contributed by atoms with Gasteiger partial charge in [0, 0.05) is 68.5 Å². The first-order valence-corrected chi connectivity index (χ1v) is 10.7. The average Bonchev–Trinajstić information content (AvgIpc) is 2.71. The molecule has 1 N–H and O–H groups in total. The van der Waals surface area contributed by atoms with E-state index in [9.17, 15) is 9.18 Å². The molecule has 3 rings (SSSR count). The van der Waals surface area contributed by atoms with E-state index in [1.807, 2.05) is 0 Å². The molecule has 2 aliphatic rings. The summed E-state index contributed by atoms with van der Waals surface area (Å²) in [4.78, 5) is 19.1. The van der Waals surface area contributed by atoms with Crippen LogP contribution in [0.2, 0.25) is 5.02 Å². The van der Waals surface area contributed by atoms with Crippen LogP contribution in [-0.4, -0.2) is 91.7 Å². The fourth-order valence-electron chi connectivity index (χ4n) is 3.87. The molecule has 1 aromatic carbocycles. The van der Waals surface area contributed by atoms with Crippen LogP contribution in [0.4, 0.5) is 4.39 Å². The summed E-state index contributed by atoms with van der Waals surface area (Å²) in [6.07, 6.45) is 0. The van der Waals surface area contributed by atoms with Crippen molar-refractivity contribution >= 4 is 17.5 Å². The molecule has 2 aliphatic heterocycles. The zero-order valence-electron chi connectivity index (χ0n) is 17.4. The van der Waals surface area contributed by atoms with E-state index >= 15 is 0 Å². The summed E-state index contributed by atoms with van der Waals surface area (Å²) in [5, 5.41) is 3.56. The van der Waals surface area contributed by atoms with Gasteiger partial charge in [0.25, 0.3) is 0 Å². The van der Waals surface area contributed by atoms with Gasteiger partial charge in [-0.3, -0.25) is 19.5 Å². The van der Waals surface area contributed by atoms with Crippen LogP contribution in [0.1, 0.15) is 19.4 Å². The minimum atomic E-state index is -0.262. The van der Waals surface area contributed by atoms with Crippen LogP contribution in [-0.2, 0) is 16.1 Å². The van der Waals surface area contributed by atoms with Crippen LogP contribution < -0.4 is 5.32 Å². The van der Waals surface area contributed by atoms with Gasteiger partial charge in [0.2, 0.25) is 5.91 Å². The van der Waals surface area contributed by atoms with Crippen molar-refractivity contribution in [1.82, 2.24) is 20.0 Å². The molecule has 0 spiro atoms. The first-order valence-electron chi connectivity index (χ1n) is 10.3. The maximum Gasteiger partial charge on any atom is 0.234 e. The summed E-state index contributed by atoms with van der Waals surface area (Å²) < 4.78 is 19.4. The van der Waals surface area contributed by atoms with Crippen molar-refractivity contribution in [1.29, 1.82) is 0 Å². The minimum Gasteiger partial charge on any atom is -0.379 e. The van der Waals surface area contributed by atoms with E-state index in [1.54, 1.807) is 12.1 Å². The summed E-state index contributed by atoms with van der Waals surface area (Å²) in [5.41, 5.74) is 0.461. The quantitative estimate of drug-likeness (QED) is 0.720. The molecular formula is C21H32ClFN4O2. The molecule has 2 heterocycles. The van der Waals surface area contributed by atoms with Crippen LogP contribution in [0, 0.1) is 5.82 Å². The number of halogens is 2. The second kappa shape index (κ2) is 10.2. The zero-order valence-corrected chi connectivity index (χ0v) is 18.2. The van der Waals surface area contributed by atoms with Gasteiger partial charge in [0.15, 0.2) is 0 Å². The topological polar surface area (TPSA) is 48.1 Å². The SMILES string of the molecule is CC(C)(CNC(=O)CN1CCN(Cc2c(F)cccc2Cl)CC1)N1CCOCC1. The van der Waals surface area contributed by atoms with Gasteiger partial charge in [0.05, 0.1) is 19.8 Å². The highest BCUT2D eigenvalue weighted by Crippen LogP contribution is 2.21. The Morgan fingerprint density at radius 1 is 1.14 bits per heavy atom. The fraction of sp³-hybridized carbons (Fsp3) is 0.667. The van der Waals surface area contributed by atoms with Gasteiger partial charge in [-0.1, -0.05) is 17.7 Å². The van der Waals surface area contributed by atoms with Crippen molar-refractivity contribution in [2.75, 3.05) is 65.6 Å². The minimum absolute atomic E-state index is 0.0527. The summed E-state index contributed by atoms with van der Waals surface area (Å²) in [6.45, 7) is 12.3. The number of benzene rings is 1. The largest absolute Gasteiger partial charge is 0.379 e. The number of rotatable bonds is 7. The van der Waals surface area contributed by atoms with Crippen LogP contribution in [0.3, 0.4) is 0 Å². The Hall–Kier alpha value is -1.25. The number of piperazine rings is 1. The van der Waals surface area contributed by atoms with Gasteiger partial charge in [-0.05, 0) is 26.0 Å². The number of ether oxygens (including phenoxy) is 1. The van der Waals surface area contributed by atoms with Crippen molar-refractivity contribution in [3.8, 4) is 0 Å². The second-order valence-electron chi connectivity index (χ2n) is 8.44. The number of morpholine rings is 1. The summed E-state index contributed by atoms with van der Waals surface area (Å²) in [6, 6.07) is 4.79. The van der Waals surface area contributed by atoms with E-state index in [-0.39, 0.29) is 17.3 Å². The van der Waals surface area contributed by atoms with Crippen molar-refractivity contribution in [2.45, 2.75) is 25.9 Å². The number of carbonyl (C=O) groups excluding carboxylic acids is 1. The molecule has 2 fully saturated rings. The Morgan fingerprint density at radius 3 is 2.45 bits per heavy atom. The number of hydrogen-bond donors (Lipinski definition) is 1. The van der Waals surface area contributed by atoms with Crippen molar-refractivity contribution in [3.05, 3.63) is 34.6 Å². The Morgan fingerprint density at radius 2 is 1.79 bits per heavy atom. The molecule has 0 atom stereocenters. The molecule has 1 amide bonds. The molecule has 0 aliphatic carbocycles. The van der Waals surface area contributed by atoms with Gasteiger partial charge >= 0.3 is 0 Å². The molecule has 0 unspecified atom stereocenters. The average molecular weight is 427 g/mol. The smallest absolute Gasteiger partial charge is 0.234 e. The first-order chi connectivity index (χ1) is 13.8. The molecule has 0 saturated carbocycles. The third kappa shape index (κ3) is 6.36. The lowest BCUT2D eigenvalue weighted by atomic mass is 10.0. The Bertz CT molecular complexity index is 669. The lowest BCUT2D eigenvalue weighted by Crippen LogP contribution is -2.56. The number of carbonyl (C=O) groups is 1. The third-order valence-corrected chi connectivity index (χ3v) is 6.21. The lowest BCUT2D eigenvalue weighted by Gasteiger charge is -2.41. The fourth-order valence-corrected chi connectivity index (χ4v) is 4.09. The number of hydrogen-bond acceptors (Lipinski definition) is 5. The van der Waals surface area contributed by atoms with Gasteiger partial charge in [-0.25, -0.2) is 4.39 Å². The van der Waals surface area contributed by atoms with E-state index in [1.165, 1.54) is 6.07 Å². The van der Waals surface area contributed by atoms with Gasteiger partial charge in [-0.2, -0.15) is 0 Å². The highest BCUT2D eigenvalue weighted by Gasteiger charge is 2.29. The summed E-state index contributed by atoms with van der Waals surface area (Å²) in [7, 11) is 0. The molecule has 162 valence electrons. The molecule has 0 bridgehead atoms. The van der Waals surface area contributed by atoms with Crippen LogP contribution in [0.15, 0.2) is 18.2 Å². The summed E-state index contributed by atoms with van der Waals surface area (Å²) >= 11 is 6.13. The highest BCUT2D eigenvalue weighted by atomic mass is 35.5. The first kappa shape index (κ1) is 22.4. The molecule has 2 saturated heterocycles. The van der Waals surface area contributed by atoms with E-state index in [0.29, 0.717) is 30.2 Å². The van der Waals surface area contributed by atoms with Gasteiger partial charge < -0.3 is 10.1 Å². The molecular weight excluding hydrogens is 395 g/mol. The second-order valence-corrected chi connectivity index (χ2v) is 8.85. The molecule has 29 heavy (non-hydrogen) atoms. The summed E-state index contributed by atoms with van der Waals surface area (Å²) in [5.74, 6) is -0.209. The Balaban J connectivity index is 1.39. The zero-order chi connectivity index (χ0) is 20.9. The van der Waals surface area contributed by atoms with E-state index < -0.39 is 0 Å². The molecule has 0 radical (unpaired) electrons. The van der Waals surface area contributed by atoms with E-state index in [2.05, 4.69) is 33.9 Å². The molecule has 1 aromatic rings. The monoisotopic (exact) mass is 426 g/mol. The maximum absolute atomic E-state index is 14.0. The number of nitrogens with one attached hydrogen (secondary N) is 1. The third-order valence-electron chi connectivity index (χ3n) is 5.86.